The Morgan fingerprint density at radius 3 is 2.80 bits per heavy atom. The molecule has 2 aromatic rings. The van der Waals surface area contributed by atoms with Crippen LogP contribution in [0.15, 0.2) is 43.0 Å². The van der Waals surface area contributed by atoms with E-state index in [1.807, 2.05) is 43.0 Å². The summed E-state index contributed by atoms with van der Waals surface area (Å²) in [5.74, 6) is 0.818. The normalized spacial score (nSPS) is 17.5. The van der Waals surface area contributed by atoms with Gasteiger partial charge in [-0.3, -0.25) is 0 Å². The zero-order valence-corrected chi connectivity index (χ0v) is 14.8. The summed E-state index contributed by atoms with van der Waals surface area (Å²) in [5, 5.41) is 10.2. The Hall–Kier alpha value is -1.89. The summed E-state index contributed by atoms with van der Waals surface area (Å²) in [6.45, 7) is 3.42. The van der Waals surface area contributed by atoms with Crippen LogP contribution in [0.2, 0.25) is 0 Å². The predicted molar refractivity (Wildman–Crippen MR) is 95.6 cm³/mol. The van der Waals surface area contributed by atoms with Crippen molar-refractivity contribution in [3.05, 3.63) is 48.5 Å². The summed E-state index contributed by atoms with van der Waals surface area (Å²) in [4.78, 5) is 6.43. The molecule has 0 bridgehead atoms. The molecule has 6 nitrogen and oxygen atoms in total. The Morgan fingerprint density at radius 1 is 1.28 bits per heavy atom. The van der Waals surface area contributed by atoms with Crippen molar-refractivity contribution in [2.75, 3.05) is 33.4 Å². The standard InChI is InChI=1S/C19H27N3O3/c1-24-19-5-3-2-4-16(19)13-25-14-18(23)12-21-9-6-17(7-10-21)22-11-8-20-15-22/h2-5,8,11,15,17-18,23H,6-7,9-10,12-14H2,1H3. The lowest BCUT2D eigenvalue weighted by molar-refractivity contribution is 0.00443. The summed E-state index contributed by atoms with van der Waals surface area (Å²) < 4.78 is 13.2. The number of aliphatic hydroxyl groups excluding tert-OH is 1. The van der Waals surface area contributed by atoms with Crippen LogP contribution in [-0.2, 0) is 11.3 Å². The lowest BCUT2D eigenvalue weighted by Crippen LogP contribution is -2.40. The van der Waals surface area contributed by atoms with Crippen molar-refractivity contribution >= 4 is 0 Å². The van der Waals surface area contributed by atoms with Gasteiger partial charge in [-0.05, 0) is 18.9 Å². The smallest absolute Gasteiger partial charge is 0.124 e. The summed E-state index contributed by atoms with van der Waals surface area (Å²) in [7, 11) is 1.65. The summed E-state index contributed by atoms with van der Waals surface area (Å²) in [6, 6.07) is 8.32. The average molecular weight is 345 g/mol. The number of aliphatic hydroxyl groups is 1. The summed E-state index contributed by atoms with van der Waals surface area (Å²) >= 11 is 0. The molecular weight excluding hydrogens is 318 g/mol. The third-order valence-corrected chi connectivity index (χ3v) is 4.73. The highest BCUT2D eigenvalue weighted by Crippen LogP contribution is 2.22. The Balaban J connectivity index is 1.36. The second-order valence-electron chi connectivity index (χ2n) is 6.52. The molecule has 2 heterocycles. The van der Waals surface area contributed by atoms with Crippen LogP contribution >= 0.6 is 0 Å². The van der Waals surface area contributed by atoms with Gasteiger partial charge in [-0.1, -0.05) is 18.2 Å². The first kappa shape index (κ1) is 17.9. The highest BCUT2D eigenvalue weighted by atomic mass is 16.5. The lowest BCUT2D eigenvalue weighted by Gasteiger charge is -2.33. The van der Waals surface area contributed by atoms with Gasteiger partial charge < -0.3 is 24.0 Å². The number of methoxy groups -OCH3 is 1. The fourth-order valence-corrected chi connectivity index (χ4v) is 3.36. The van der Waals surface area contributed by atoms with Crippen LogP contribution in [0.5, 0.6) is 5.75 Å². The van der Waals surface area contributed by atoms with E-state index in [0.717, 1.165) is 37.2 Å². The van der Waals surface area contributed by atoms with Crippen LogP contribution in [0.1, 0.15) is 24.4 Å². The van der Waals surface area contributed by atoms with Gasteiger partial charge in [0.15, 0.2) is 0 Å². The first-order valence-electron chi connectivity index (χ1n) is 8.83. The van der Waals surface area contributed by atoms with Gasteiger partial charge in [0, 0.05) is 43.6 Å². The predicted octanol–water partition coefficient (Wildman–Crippen LogP) is 2.11. The van der Waals surface area contributed by atoms with E-state index in [1.54, 1.807) is 7.11 Å². The zero-order chi connectivity index (χ0) is 17.5. The molecule has 0 saturated carbocycles. The van der Waals surface area contributed by atoms with E-state index in [9.17, 15) is 5.11 Å². The topological polar surface area (TPSA) is 59.8 Å². The van der Waals surface area contributed by atoms with E-state index in [-0.39, 0.29) is 0 Å². The number of aromatic nitrogens is 2. The number of ether oxygens (including phenoxy) is 2. The molecule has 0 spiro atoms. The zero-order valence-electron chi connectivity index (χ0n) is 14.8. The van der Waals surface area contributed by atoms with Crippen molar-refractivity contribution in [3.8, 4) is 5.75 Å². The molecule has 6 heteroatoms. The maximum atomic E-state index is 10.2. The number of β-amino-alcohol motifs (C(OH)–C–C–N with tert-alkyl or cyclic N) is 1. The Kier molecular flexibility index (Phi) is 6.44. The Morgan fingerprint density at radius 2 is 2.08 bits per heavy atom. The number of piperidine rings is 1. The monoisotopic (exact) mass is 345 g/mol. The molecule has 0 amide bonds. The number of imidazole rings is 1. The SMILES string of the molecule is COc1ccccc1COCC(O)CN1CCC(n2ccnc2)CC1. The van der Waals surface area contributed by atoms with Gasteiger partial charge in [-0.2, -0.15) is 0 Å². The van der Waals surface area contributed by atoms with Gasteiger partial charge in [0.2, 0.25) is 0 Å². The molecule has 1 N–H and O–H groups in total. The van der Waals surface area contributed by atoms with Crippen LogP contribution < -0.4 is 4.74 Å². The molecule has 1 fully saturated rings. The number of para-hydroxylation sites is 1. The van der Waals surface area contributed by atoms with Crippen LogP contribution in [0, 0.1) is 0 Å². The molecule has 1 unspecified atom stereocenters. The molecule has 1 aliphatic rings. The van der Waals surface area contributed by atoms with Gasteiger partial charge in [0.05, 0.1) is 32.8 Å². The second-order valence-corrected chi connectivity index (χ2v) is 6.52. The fourth-order valence-electron chi connectivity index (χ4n) is 3.36. The Bertz CT molecular complexity index is 625. The minimum Gasteiger partial charge on any atom is -0.496 e. The van der Waals surface area contributed by atoms with Crippen molar-refractivity contribution in [1.82, 2.24) is 14.5 Å². The number of rotatable bonds is 8. The second kappa shape index (κ2) is 8.99. The molecule has 1 saturated heterocycles. The van der Waals surface area contributed by atoms with Gasteiger partial charge in [0.25, 0.3) is 0 Å². The van der Waals surface area contributed by atoms with Crippen molar-refractivity contribution in [3.63, 3.8) is 0 Å². The molecule has 1 aromatic carbocycles. The fraction of sp³-hybridized carbons (Fsp3) is 0.526. The molecule has 0 radical (unpaired) electrons. The highest BCUT2D eigenvalue weighted by molar-refractivity contribution is 5.32. The maximum absolute atomic E-state index is 10.2. The molecule has 25 heavy (non-hydrogen) atoms. The largest absolute Gasteiger partial charge is 0.496 e. The maximum Gasteiger partial charge on any atom is 0.124 e. The third-order valence-electron chi connectivity index (χ3n) is 4.73. The number of hydrogen-bond donors (Lipinski definition) is 1. The number of benzene rings is 1. The van der Waals surface area contributed by atoms with Gasteiger partial charge >= 0.3 is 0 Å². The van der Waals surface area contributed by atoms with Gasteiger partial charge in [-0.15, -0.1) is 0 Å². The first-order valence-corrected chi connectivity index (χ1v) is 8.83. The molecular formula is C19H27N3O3. The van der Waals surface area contributed by atoms with Crippen molar-refractivity contribution < 1.29 is 14.6 Å². The average Bonchev–Trinajstić information content (AvgIpc) is 3.17. The quantitative estimate of drug-likeness (QED) is 0.794. The molecule has 136 valence electrons. The molecule has 1 atom stereocenters. The van der Waals surface area contributed by atoms with Crippen LogP contribution in [0.25, 0.3) is 0 Å². The van der Waals surface area contributed by atoms with Crippen molar-refractivity contribution in [1.29, 1.82) is 0 Å². The van der Waals surface area contributed by atoms with E-state index in [1.165, 1.54) is 0 Å². The third kappa shape index (κ3) is 5.04. The first-order chi connectivity index (χ1) is 12.3. The van der Waals surface area contributed by atoms with E-state index < -0.39 is 6.10 Å². The van der Waals surface area contributed by atoms with Crippen LogP contribution in [-0.4, -0.2) is 59.0 Å². The molecule has 1 aliphatic heterocycles. The molecule has 1 aromatic heterocycles. The van der Waals surface area contributed by atoms with Gasteiger partial charge in [0.1, 0.15) is 5.75 Å². The van der Waals surface area contributed by atoms with Crippen LogP contribution in [0.3, 0.4) is 0 Å². The van der Waals surface area contributed by atoms with Crippen LogP contribution in [0.4, 0.5) is 0 Å². The number of likely N-dealkylation sites (tertiary alicyclic amines) is 1. The minimum absolute atomic E-state index is 0.333. The summed E-state index contributed by atoms with van der Waals surface area (Å²) in [6.07, 6.45) is 7.45. The van der Waals surface area contributed by atoms with Crippen molar-refractivity contribution in [2.45, 2.75) is 31.6 Å². The number of nitrogens with zero attached hydrogens (tertiary/aromatic N) is 3. The number of hydrogen-bond acceptors (Lipinski definition) is 5. The molecule has 3 rings (SSSR count). The molecule has 0 aliphatic carbocycles. The van der Waals surface area contributed by atoms with E-state index >= 15 is 0 Å². The highest BCUT2D eigenvalue weighted by Gasteiger charge is 2.21. The minimum atomic E-state index is -0.473. The van der Waals surface area contributed by atoms with E-state index in [4.69, 9.17) is 9.47 Å². The Labute approximate surface area is 149 Å². The lowest BCUT2D eigenvalue weighted by atomic mass is 10.0. The van der Waals surface area contributed by atoms with E-state index in [2.05, 4.69) is 14.5 Å². The summed E-state index contributed by atoms with van der Waals surface area (Å²) in [5.41, 5.74) is 0.998. The van der Waals surface area contributed by atoms with Gasteiger partial charge in [-0.25, -0.2) is 4.98 Å². The van der Waals surface area contributed by atoms with E-state index in [0.29, 0.717) is 25.8 Å². The van der Waals surface area contributed by atoms with Crippen molar-refractivity contribution in [2.24, 2.45) is 0 Å².